The number of aromatic nitrogens is 3. The lowest BCUT2D eigenvalue weighted by Gasteiger charge is -2.36. The van der Waals surface area contributed by atoms with Crippen LogP contribution in [0.2, 0.25) is 0 Å². The van der Waals surface area contributed by atoms with Gasteiger partial charge in [-0.2, -0.15) is 11.8 Å². The molecule has 0 aliphatic heterocycles. The van der Waals surface area contributed by atoms with Gasteiger partial charge in [-0.05, 0) is 32.9 Å². The van der Waals surface area contributed by atoms with E-state index in [0.717, 1.165) is 12.4 Å². The number of thioether (sulfide) groups is 1. The maximum Gasteiger partial charge on any atom is 0.376 e. The van der Waals surface area contributed by atoms with Crippen molar-refractivity contribution in [2.24, 2.45) is 0 Å². The van der Waals surface area contributed by atoms with E-state index >= 15 is 0 Å². The van der Waals surface area contributed by atoms with E-state index in [-0.39, 0.29) is 10.7 Å². The van der Waals surface area contributed by atoms with Crippen molar-refractivity contribution in [3.63, 3.8) is 0 Å². The lowest BCUT2D eigenvalue weighted by molar-refractivity contribution is 0.0504. The van der Waals surface area contributed by atoms with Gasteiger partial charge in [0.25, 0.3) is 0 Å². The summed E-state index contributed by atoms with van der Waals surface area (Å²) in [5.41, 5.74) is 0. The number of rotatable bonds is 5. The van der Waals surface area contributed by atoms with E-state index in [9.17, 15) is 4.79 Å². The third-order valence-corrected chi connectivity index (χ3v) is 5.44. The first kappa shape index (κ1) is 15.4. The minimum atomic E-state index is -0.375. The molecule has 0 spiro atoms. The fourth-order valence-electron chi connectivity index (χ4n) is 2.83. The van der Waals surface area contributed by atoms with Crippen LogP contribution in [0.3, 0.4) is 0 Å². The van der Waals surface area contributed by atoms with Crippen LogP contribution in [0, 0.1) is 6.92 Å². The molecule has 0 N–H and O–H groups in total. The zero-order valence-electron chi connectivity index (χ0n) is 12.5. The van der Waals surface area contributed by atoms with Crippen LogP contribution < -0.4 is 0 Å². The highest BCUT2D eigenvalue weighted by Gasteiger charge is 2.33. The Morgan fingerprint density at radius 1 is 1.35 bits per heavy atom. The van der Waals surface area contributed by atoms with Gasteiger partial charge in [0.05, 0.1) is 6.61 Å². The van der Waals surface area contributed by atoms with Crippen LogP contribution in [0.5, 0.6) is 0 Å². The van der Waals surface area contributed by atoms with Crippen molar-refractivity contribution in [2.45, 2.75) is 57.2 Å². The number of aryl methyl sites for hydroxylation is 1. The lowest BCUT2D eigenvalue weighted by Crippen LogP contribution is -2.34. The zero-order valence-corrected chi connectivity index (χ0v) is 13.3. The molecule has 0 radical (unpaired) electrons. The van der Waals surface area contributed by atoms with Crippen LogP contribution in [-0.2, 0) is 11.3 Å². The normalized spacial score (nSPS) is 17.9. The first-order chi connectivity index (χ1) is 9.62. The van der Waals surface area contributed by atoms with E-state index in [4.69, 9.17) is 4.74 Å². The summed E-state index contributed by atoms with van der Waals surface area (Å²) in [7, 11) is 0. The van der Waals surface area contributed by atoms with Gasteiger partial charge in [-0.15, -0.1) is 10.2 Å². The topological polar surface area (TPSA) is 57.0 Å². The highest BCUT2D eigenvalue weighted by atomic mass is 32.2. The Morgan fingerprint density at radius 2 is 2.05 bits per heavy atom. The Labute approximate surface area is 124 Å². The molecule has 112 valence electrons. The monoisotopic (exact) mass is 297 g/mol. The van der Waals surface area contributed by atoms with Crippen LogP contribution in [-0.4, -0.2) is 38.3 Å². The number of esters is 1. The maximum atomic E-state index is 12.0. The predicted molar refractivity (Wildman–Crippen MR) is 80.0 cm³/mol. The summed E-state index contributed by atoms with van der Waals surface area (Å²) in [6.07, 6.45) is 8.37. The minimum Gasteiger partial charge on any atom is -0.460 e. The number of nitrogens with zero attached hydrogens (tertiary/aromatic N) is 3. The Kier molecular flexibility index (Phi) is 5.07. The van der Waals surface area contributed by atoms with E-state index in [2.05, 4.69) is 16.5 Å². The second-order valence-electron chi connectivity index (χ2n) is 5.33. The molecule has 1 fully saturated rings. The summed E-state index contributed by atoms with van der Waals surface area (Å²) >= 11 is 1.91. The van der Waals surface area contributed by atoms with Gasteiger partial charge in [-0.3, -0.25) is 0 Å². The summed E-state index contributed by atoms with van der Waals surface area (Å²) in [6, 6.07) is 0. The van der Waals surface area contributed by atoms with Crippen molar-refractivity contribution >= 4 is 17.7 Å². The van der Waals surface area contributed by atoms with Crippen LogP contribution in [0.4, 0.5) is 0 Å². The van der Waals surface area contributed by atoms with E-state index in [1.807, 2.05) is 23.3 Å². The molecule has 1 saturated carbocycles. The van der Waals surface area contributed by atoms with E-state index in [0.29, 0.717) is 12.4 Å². The molecular weight excluding hydrogens is 274 g/mol. The highest BCUT2D eigenvalue weighted by Crippen LogP contribution is 2.40. The van der Waals surface area contributed by atoms with Crippen molar-refractivity contribution in [3.8, 4) is 0 Å². The first-order valence-corrected chi connectivity index (χ1v) is 8.46. The summed E-state index contributed by atoms with van der Waals surface area (Å²) < 4.78 is 7.20. The second-order valence-corrected chi connectivity index (χ2v) is 6.60. The van der Waals surface area contributed by atoms with Gasteiger partial charge in [-0.25, -0.2) is 4.79 Å². The third kappa shape index (κ3) is 3.16. The number of ether oxygens (including phenoxy) is 1. The lowest BCUT2D eigenvalue weighted by atomic mass is 9.88. The summed E-state index contributed by atoms with van der Waals surface area (Å²) in [5, 5.41) is 8.05. The predicted octanol–water partition coefficient (Wildman–Crippen LogP) is 2.83. The fraction of sp³-hybridized carbons (Fsp3) is 0.786. The molecule has 0 atom stereocenters. The maximum absolute atomic E-state index is 12.0. The van der Waals surface area contributed by atoms with Gasteiger partial charge >= 0.3 is 5.97 Å². The van der Waals surface area contributed by atoms with Crippen molar-refractivity contribution in [1.82, 2.24) is 14.8 Å². The fourth-order valence-corrected chi connectivity index (χ4v) is 3.78. The molecule has 1 aliphatic carbocycles. The molecule has 20 heavy (non-hydrogen) atoms. The molecule has 6 heteroatoms. The zero-order chi connectivity index (χ0) is 14.6. The van der Waals surface area contributed by atoms with Crippen molar-refractivity contribution < 1.29 is 9.53 Å². The van der Waals surface area contributed by atoms with Gasteiger partial charge in [0.15, 0.2) is 0 Å². The smallest absolute Gasteiger partial charge is 0.376 e. The Hall–Kier alpha value is -1.04. The van der Waals surface area contributed by atoms with Crippen molar-refractivity contribution in [3.05, 3.63) is 11.6 Å². The van der Waals surface area contributed by atoms with Gasteiger partial charge in [-0.1, -0.05) is 19.3 Å². The molecule has 1 aromatic rings. The molecule has 1 heterocycles. The molecule has 1 aromatic heterocycles. The Balaban J connectivity index is 2.23. The largest absolute Gasteiger partial charge is 0.460 e. The number of hydrogen-bond acceptors (Lipinski definition) is 5. The molecule has 1 aliphatic rings. The highest BCUT2D eigenvalue weighted by molar-refractivity contribution is 8.00. The van der Waals surface area contributed by atoms with E-state index < -0.39 is 0 Å². The number of hydrogen-bond donors (Lipinski definition) is 0. The molecule has 0 amide bonds. The van der Waals surface area contributed by atoms with Gasteiger partial charge in [0, 0.05) is 11.3 Å². The quantitative estimate of drug-likeness (QED) is 0.782. The second kappa shape index (κ2) is 6.61. The SMILES string of the molecule is CCOC(=O)c1nnc(C)n1CC1(SC)CCCCC1. The number of carbonyl (C=O) groups is 1. The average molecular weight is 297 g/mol. The van der Waals surface area contributed by atoms with Crippen LogP contribution >= 0.6 is 11.8 Å². The number of carbonyl (C=O) groups excluding carboxylic acids is 1. The van der Waals surface area contributed by atoms with Gasteiger partial charge in [0.1, 0.15) is 5.82 Å². The molecule has 2 rings (SSSR count). The Morgan fingerprint density at radius 3 is 2.65 bits per heavy atom. The molecule has 5 nitrogen and oxygen atoms in total. The minimum absolute atomic E-state index is 0.201. The van der Waals surface area contributed by atoms with Crippen LogP contribution in [0.15, 0.2) is 0 Å². The standard InChI is InChI=1S/C14H23N3O2S/c1-4-19-13(18)12-16-15-11(2)17(12)10-14(20-3)8-6-5-7-9-14/h4-10H2,1-3H3. The summed E-state index contributed by atoms with van der Waals surface area (Å²) in [6.45, 7) is 4.85. The van der Waals surface area contributed by atoms with Crippen molar-refractivity contribution in [2.75, 3.05) is 12.9 Å². The van der Waals surface area contributed by atoms with Gasteiger partial charge < -0.3 is 9.30 Å². The average Bonchev–Trinajstić information content (AvgIpc) is 2.81. The first-order valence-electron chi connectivity index (χ1n) is 7.24. The van der Waals surface area contributed by atoms with Crippen LogP contribution in [0.1, 0.15) is 55.5 Å². The molecule has 0 aromatic carbocycles. The van der Waals surface area contributed by atoms with Gasteiger partial charge in [0.2, 0.25) is 5.82 Å². The van der Waals surface area contributed by atoms with Crippen LogP contribution in [0.25, 0.3) is 0 Å². The van der Waals surface area contributed by atoms with Crippen molar-refractivity contribution in [1.29, 1.82) is 0 Å². The van der Waals surface area contributed by atoms with E-state index in [1.165, 1.54) is 32.1 Å². The molecular formula is C14H23N3O2S. The summed E-state index contributed by atoms with van der Waals surface area (Å²) in [5.74, 6) is 0.746. The summed E-state index contributed by atoms with van der Waals surface area (Å²) in [4.78, 5) is 12.0. The molecule has 0 unspecified atom stereocenters. The van der Waals surface area contributed by atoms with E-state index in [1.54, 1.807) is 6.92 Å². The Bertz CT molecular complexity index is 467. The molecule has 0 bridgehead atoms. The molecule has 0 saturated heterocycles. The third-order valence-electron chi connectivity index (χ3n) is 4.04.